The van der Waals surface area contributed by atoms with Crippen LogP contribution in [-0.2, 0) is 17.6 Å². The van der Waals surface area contributed by atoms with E-state index < -0.39 is 0 Å². The second kappa shape index (κ2) is 6.58. The van der Waals surface area contributed by atoms with Crippen LogP contribution in [0.1, 0.15) is 11.1 Å². The number of carbonyl (C=O) groups excluding carboxylic acids is 1. The van der Waals surface area contributed by atoms with Crippen molar-refractivity contribution in [3.05, 3.63) is 64.7 Å². The smallest absolute Gasteiger partial charge is 0.141 e. The molecule has 3 heteroatoms. The molecule has 2 nitrogen and oxygen atoms in total. The minimum Gasteiger partial charge on any atom is -0.378 e. The van der Waals surface area contributed by atoms with Gasteiger partial charge in [-0.25, -0.2) is 0 Å². The van der Waals surface area contributed by atoms with E-state index in [9.17, 15) is 4.79 Å². The molecule has 0 heterocycles. The fraction of sp³-hybridized carbons (Fsp3) is 0.235. The zero-order valence-corrected chi connectivity index (χ0v) is 12.5. The molecular weight excluding hydrogens is 270 g/mol. The van der Waals surface area contributed by atoms with Gasteiger partial charge in [0, 0.05) is 37.6 Å². The first-order valence-corrected chi connectivity index (χ1v) is 6.95. The number of carbonyl (C=O) groups is 1. The predicted molar refractivity (Wildman–Crippen MR) is 84.6 cm³/mol. The number of hydrogen-bond acceptors (Lipinski definition) is 2. The molecule has 0 saturated carbocycles. The number of rotatable bonds is 5. The SMILES string of the molecule is CN(C)c1ccc(CC(=O)Cc2ccc(Cl)cc2)cc1. The van der Waals surface area contributed by atoms with Crippen molar-refractivity contribution in [3.63, 3.8) is 0 Å². The van der Waals surface area contributed by atoms with Crippen molar-refractivity contribution in [2.45, 2.75) is 12.8 Å². The Balaban J connectivity index is 1.95. The number of anilines is 1. The van der Waals surface area contributed by atoms with Gasteiger partial charge in [-0.2, -0.15) is 0 Å². The fourth-order valence-electron chi connectivity index (χ4n) is 2.03. The maximum absolute atomic E-state index is 12.0. The zero-order valence-electron chi connectivity index (χ0n) is 11.8. The summed E-state index contributed by atoms with van der Waals surface area (Å²) in [7, 11) is 4.00. The van der Waals surface area contributed by atoms with E-state index >= 15 is 0 Å². The lowest BCUT2D eigenvalue weighted by Gasteiger charge is -2.12. The molecular formula is C17H18ClNO. The van der Waals surface area contributed by atoms with E-state index in [-0.39, 0.29) is 5.78 Å². The van der Waals surface area contributed by atoms with Crippen LogP contribution in [0.4, 0.5) is 5.69 Å². The third-order valence-corrected chi connectivity index (χ3v) is 3.42. The number of hydrogen-bond donors (Lipinski definition) is 0. The van der Waals surface area contributed by atoms with Crippen molar-refractivity contribution in [1.29, 1.82) is 0 Å². The summed E-state index contributed by atoms with van der Waals surface area (Å²) in [5, 5.41) is 0.695. The van der Waals surface area contributed by atoms with Gasteiger partial charge in [0.1, 0.15) is 5.78 Å². The Morgan fingerprint density at radius 3 is 1.80 bits per heavy atom. The molecule has 0 amide bonds. The highest BCUT2D eigenvalue weighted by atomic mass is 35.5. The third-order valence-electron chi connectivity index (χ3n) is 3.17. The zero-order chi connectivity index (χ0) is 14.5. The molecule has 0 aliphatic heterocycles. The molecule has 2 rings (SSSR count). The number of Topliss-reactive ketones (excluding diaryl/α,β-unsaturated/α-hetero) is 1. The average Bonchev–Trinajstić information content (AvgIpc) is 2.42. The molecule has 0 spiro atoms. The summed E-state index contributed by atoms with van der Waals surface area (Å²) in [5.41, 5.74) is 3.19. The Labute approximate surface area is 125 Å². The van der Waals surface area contributed by atoms with Gasteiger partial charge in [-0.15, -0.1) is 0 Å². The minimum atomic E-state index is 0.213. The van der Waals surface area contributed by atoms with Gasteiger partial charge >= 0.3 is 0 Å². The lowest BCUT2D eigenvalue weighted by atomic mass is 10.0. The van der Waals surface area contributed by atoms with Crippen LogP contribution in [0.2, 0.25) is 5.02 Å². The Morgan fingerprint density at radius 2 is 1.35 bits per heavy atom. The van der Waals surface area contributed by atoms with E-state index in [2.05, 4.69) is 0 Å². The van der Waals surface area contributed by atoms with E-state index in [1.54, 1.807) is 0 Å². The Hall–Kier alpha value is -1.80. The summed E-state index contributed by atoms with van der Waals surface area (Å²) in [6.45, 7) is 0. The van der Waals surface area contributed by atoms with E-state index in [0.29, 0.717) is 17.9 Å². The fourth-order valence-corrected chi connectivity index (χ4v) is 2.16. The first-order chi connectivity index (χ1) is 9.54. The van der Waals surface area contributed by atoms with Crippen LogP contribution in [0.3, 0.4) is 0 Å². The first kappa shape index (κ1) is 14.6. The second-order valence-corrected chi connectivity index (χ2v) is 5.52. The van der Waals surface area contributed by atoms with Crippen molar-refractivity contribution in [2.75, 3.05) is 19.0 Å². The van der Waals surface area contributed by atoms with Crippen LogP contribution in [0.25, 0.3) is 0 Å². The molecule has 0 aliphatic carbocycles. The Morgan fingerprint density at radius 1 is 0.900 bits per heavy atom. The number of benzene rings is 2. The number of halogens is 1. The molecule has 0 N–H and O–H groups in total. The summed E-state index contributed by atoms with van der Waals surface area (Å²) in [6, 6.07) is 15.5. The van der Waals surface area contributed by atoms with Gasteiger partial charge in [0.25, 0.3) is 0 Å². The molecule has 104 valence electrons. The molecule has 0 atom stereocenters. The van der Waals surface area contributed by atoms with Crippen molar-refractivity contribution in [1.82, 2.24) is 0 Å². The van der Waals surface area contributed by atoms with Gasteiger partial charge < -0.3 is 4.90 Å². The second-order valence-electron chi connectivity index (χ2n) is 5.08. The maximum atomic E-state index is 12.0. The predicted octanol–water partition coefficient (Wildman–Crippen LogP) is 3.76. The molecule has 0 saturated heterocycles. The highest BCUT2D eigenvalue weighted by Gasteiger charge is 2.06. The lowest BCUT2D eigenvalue weighted by Crippen LogP contribution is -2.09. The molecule has 0 radical (unpaired) electrons. The minimum absolute atomic E-state index is 0.213. The summed E-state index contributed by atoms with van der Waals surface area (Å²) in [5.74, 6) is 0.213. The summed E-state index contributed by atoms with van der Waals surface area (Å²) in [6.07, 6.45) is 0.920. The van der Waals surface area contributed by atoms with Crippen molar-refractivity contribution in [2.24, 2.45) is 0 Å². The van der Waals surface area contributed by atoms with Gasteiger partial charge in [0.15, 0.2) is 0 Å². The van der Waals surface area contributed by atoms with Crippen LogP contribution in [0, 0.1) is 0 Å². The van der Waals surface area contributed by atoms with E-state index in [1.807, 2.05) is 67.5 Å². The molecule has 0 unspecified atom stereocenters. The maximum Gasteiger partial charge on any atom is 0.141 e. The average molecular weight is 288 g/mol. The topological polar surface area (TPSA) is 20.3 Å². The van der Waals surface area contributed by atoms with Crippen LogP contribution in [0.15, 0.2) is 48.5 Å². The van der Waals surface area contributed by atoms with E-state index in [0.717, 1.165) is 16.8 Å². The Bertz CT molecular complexity index is 573. The molecule has 2 aromatic rings. The van der Waals surface area contributed by atoms with Gasteiger partial charge in [0.2, 0.25) is 0 Å². The van der Waals surface area contributed by atoms with Gasteiger partial charge in [0.05, 0.1) is 0 Å². The van der Waals surface area contributed by atoms with Crippen molar-refractivity contribution >= 4 is 23.1 Å². The molecule has 0 aliphatic rings. The third kappa shape index (κ3) is 4.10. The van der Waals surface area contributed by atoms with Crippen molar-refractivity contribution < 1.29 is 4.79 Å². The quantitative estimate of drug-likeness (QED) is 0.834. The molecule has 20 heavy (non-hydrogen) atoms. The highest BCUT2D eigenvalue weighted by molar-refractivity contribution is 6.30. The first-order valence-electron chi connectivity index (χ1n) is 6.57. The van der Waals surface area contributed by atoms with E-state index in [1.165, 1.54) is 0 Å². The summed E-state index contributed by atoms with van der Waals surface area (Å²) < 4.78 is 0. The monoisotopic (exact) mass is 287 g/mol. The normalized spacial score (nSPS) is 10.3. The van der Waals surface area contributed by atoms with Gasteiger partial charge in [-0.3, -0.25) is 4.79 Å². The Kier molecular flexibility index (Phi) is 4.80. The molecule has 0 bridgehead atoms. The number of nitrogens with zero attached hydrogens (tertiary/aromatic N) is 1. The van der Waals surface area contributed by atoms with Crippen molar-refractivity contribution in [3.8, 4) is 0 Å². The largest absolute Gasteiger partial charge is 0.378 e. The van der Waals surface area contributed by atoms with Crippen LogP contribution < -0.4 is 4.90 Å². The summed E-state index contributed by atoms with van der Waals surface area (Å²) >= 11 is 5.83. The number of ketones is 1. The molecule has 2 aromatic carbocycles. The van der Waals surface area contributed by atoms with Crippen LogP contribution in [0.5, 0.6) is 0 Å². The van der Waals surface area contributed by atoms with Crippen LogP contribution in [-0.4, -0.2) is 19.9 Å². The highest BCUT2D eigenvalue weighted by Crippen LogP contribution is 2.14. The summed E-state index contributed by atoms with van der Waals surface area (Å²) in [4.78, 5) is 14.1. The van der Waals surface area contributed by atoms with Gasteiger partial charge in [-0.05, 0) is 35.4 Å². The lowest BCUT2D eigenvalue weighted by molar-refractivity contribution is -0.117. The standard InChI is InChI=1S/C17H18ClNO/c1-19(2)16-9-5-14(6-10-16)12-17(20)11-13-3-7-15(18)8-4-13/h3-10H,11-12H2,1-2H3. The van der Waals surface area contributed by atoms with E-state index in [4.69, 9.17) is 11.6 Å². The molecule has 0 fully saturated rings. The van der Waals surface area contributed by atoms with Gasteiger partial charge in [-0.1, -0.05) is 35.9 Å². The molecule has 0 aromatic heterocycles. The van der Waals surface area contributed by atoms with Crippen LogP contribution >= 0.6 is 11.6 Å².